The van der Waals surface area contributed by atoms with Crippen LogP contribution in [0.3, 0.4) is 0 Å². The highest BCUT2D eigenvalue weighted by molar-refractivity contribution is 14.1. The molecule has 4 amide bonds. The number of ether oxygens (including phenoxy) is 2. The first-order valence-electron chi connectivity index (χ1n) is 17.3. The maximum atomic E-state index is 13.8. The molecular weight excluding hydrogens is 874 g/mol. The molecule has 0 unspecified atom stereocenters. The predicted octanol–water partition coefficient (Wildman–Crippen LogP) is 6.34. The van der Waals surface area contributed by atoms with E-state index in [0.29, 0.717) is 52.4 Å². The molecular formula is C37H46I2N8O4. The van der Waals surface area contributed by atoms with E-state index in [2.05, 4.69) is 92.0 Å². The van der Waals surface area contributed by atoms with Crippen LogP contribution in [-0.4, -0.2) is 81.8 Å². The molecule has 2 saturated heterocycles. The Morgan fingerprint density at radius 1 is 0.706 bits per heavy atom. The Morgan fingerprint density at radius 2 is 1.12 bits per heavy atom. The lowest BCUT2D eigenvalue weighted by atomic mass is 9.61. The van der Waals surface area contributed by atoms with Gasteiger partial charge in [0.25, 0.3) is 0 Å². The number of nitrogens with zero attached hydrogens (tertiary/aromatic N) is 6. The van der Waals surface area contributed by atoms with Gasteiger partial charge in [0.1, 0.15) is 18.9 Å². The number of benzene rings is 2. The molecule has 2 aromatic carbocycles. The lowest BCUT2D eigenvalue weighted by Crippen LogP contribution is -2.67. The third-order valence-corrected chi connectivity index (χ3v) is 11.5. The van der Waals surface area contributed by atoms with Crippen molar-refractivity contribution in [2.24, 2.45) is 10.8 Å². The number of methoxy groups -OCH3 is 2. The molecule has 4 heterocycles. The highest BCUT2D eigenvalue weighted by Gasteiger charge is 2.53. The number of likely N-dealkylation sites (tertiary alicyclic amines) is 2. The second-order valence-corrected chi connectivity index (χ2v) is 16.1. The van der Waals surface area contributed by atoms with Gasteiger partial charge in [-0.25, -0.2) is 9.59 Å². The molecule has 0 atom stereocenters. The van der Waals surface area contributed by atoms with Crippen LogP contribution in [0.5, 0.6) is 11.5 Å². The Kier molecular flexibility index (Phi) is 11.7. The molecule has 4 aromatic rings. The van der Waals surface area contributed by atoms with Crippen molar-refractivity contribution in [2.75, 3.05) is 40.4 Å². The number of urea groups is 2. The van der Waals surface area contributed by atoms with E-state index in [1.165, 1.54) is 0 Å². The van der Waals surface area contributed by atoms with Crippen LogP contribution in [0.15, 0.2) is 60.9 Å². The van der Waals surface area contributed by atoms with E-state index in [9.17, 15) is 9.59 Å². The van der Waals surface area contributed by atoms with Crippen LogP contribution in [0, 0.1) is 18.2 Å². The van der Waals surface area contributed by atoms with E-state index in [-0.39, 0.29) is 22.9 Å². The first kappa shape index (κ1) is 37.2. The molecule has 2 aromatic heterocycles. The Bertz CT molecular complexity index is 1720. The van der Waals surface area contributed by atoms with Gasteiger partial charge in [0.15, 0.2) is 0 Å². The topological polar surface area (TPSA) is 119 Å². The number of rotatable bonds is 12. The number of hydrogen-bond acceptors (Lipinski definition) is 6. The number of amides is 4. The van der Waals surface area contributed by atoms with Crippen molar-refractivity contribution in [3.8, 4) is 11.5 Å². The minimum Gasteiger partial charge on any atom is -0.496 e. The summed E-state index contributed by atoms with van der Waals surface area (Å²) in [6.07, 6.45) is 6.66. The van der Waals surface area contributed by atoms with Crippen molar-refractivity contribution < 1.29 is 19.1 Å². The second kappa shape index (κ2) is 16.0. The molecule has 12 nitrogen and oxygen atoms in total. The highest BCUT2D eigenvalue weighted by atomic mass is 127. The number of aromatic nitrogens is 4. The maximum Gasteiger partial charge on any atom is 0.317 e. The van der Waals surface area contributed by atoms with Crippen LogP contribution in [-0.2, 0) is 26.2 Å². The van der Waals surface area contributed by atoms with E-state index >= 15 is 0 Å². The average Bonchev–Trinajstić information content (AvgIpc) is 3.75. The van der Waals surface area contributed by atoms with Gasteiger partial charge in [-0.05, 0) is 112 Å². The Labute approximate surface area is 326 Å². The standard InChI is InChI=1S/C37H46I2N8O4/c1-5-36-21-37(6-2,24-44(22-36)34(48)40-17-26-7-9-30(50-3)28(15-26)19-46-13-11-32(38)42-46)25-45(23-36)35(49)41-18-27-8-10-31(51-4)29(16-27)20-47-14-12-33(39)43-47/h7-16H,5-6,17-25H2,1-4H3,(H,40,48)(H,41,49). The predicted molar refractivity (Wildman–Crippen MR) is 212 cm³/mol. The summed E-state index contributed by atoms with van der Waals surface area (Å²) in [7, 11) is 3.33. The zero-order valence-corrected chi connectivity index (χ0v) is 33.9. The molecule has 2 aliphatic heterocycles. The fourth-order valence-corrected chi connectivity index (χ4v) is 8.62. The summed E-state index contributed by atoms with van der Waals surface area (Å²) < 4.78 is 16.8. The molecule has 2 fully saturated rings. The lowest BCUT2D eigenvalue weighted by molar-refractivity contribution is -0.0662. The van der Waals surface area contributed by atoms with Gasteiger partial charge in [0.05, 0.1) is 27.3 Å². The minimum atomic E-state index is -0.176. The SMILES string of the molecule is CCC12CN(C(=O)NCc3ccc(OC)c(Cn4ccc(I)n4)c3)CC(CC)(CN(C(=O)NCc3ccc(OC)c(Cn4ccc(I)n4)c3)C1)C2. The minimum absolute atomic E-state index is 0.0672. The summed E-state index contributed by atoms with van der Waals surface area (Å²) in [4.78, 5) is 31.5. The van der Waals surface area contributed by atoms with E-state index in [0.717, 1.165) is 60.4 Å². The van der Waals surface area contributed by atoms with E-state index in [1.54, 1.807) is 14.2 Å². The number of halogens is 2. The highest BCUT2D eigenvalue weighted by Crippen LogP contribution is 2.49. The fourth-order valence-electron chi connectivity index (χ4n) is 7.74. The van der Waals surface area contributed by atoms with Crippen LogP contribution >= 0.6 is 45.2 Å². The summed E-state index contributed by atoms with van der Waals surface area (Å²) in [5.41, 5.74) is 3.64. The van der Waals surface area contributed by atoms with Crippen molar-refractivity contribution in [1.29, 1.82) is 0 Å². The Balaban J connectivity index is 1.09. The largest absolute Gasteiger partial charge is 0.496 e. The molecule has 2 N–H and O–H groups in total. The monoisotopic (exact) mass is 920 g/mol. The first-order valence-corrected chi connectivity index (χ1v) is 19.5. The van der Waals surface area contributed by atoms with Gasteiger partial charge in [0, 0.05) is 73.6 Å². The van der Waals surface area contributed by atoms with Crippen LogP contribution in [0.2, 0.25) is 0 Å². The van der Waals surface area contributed by atoms with E-state index in [1.807, 2.05) is 68.0 Å². The average molecular weight is 921 g/mol. The molecule has 6 rings (SSSR count). The summed E-state index contributed by atoms with van der Waals surface area (Å²) in [6.45, 7) is 8.78. The first-order chi connectivity index (χ1) is 24.5. The van der Waals surface area contributed by atoms with Crippen LogP contribution in [0.25, 0.3) is 0 Å². The van der Waals surface area contributed by atoms with Crippen LogP contribution < -0.4 is 20.1 Å². The van der Waals surface area contributed by atoms with Crippen molar-refractivity contribution in [3.63, 3.8) is 0 Å². The number of carbonyl (C=O) groups excluding carboxylic acids is 2. The normalized spacial score (nSPS) is 19.9. The van der Waals surface area contributed by atoms with E-state index in [4.69, 9.17) is 9.47 Å². The molecule has 2 aliphatic rings. The van der Waals surface area contributed by atoms with Crippen molar-refractivity contribution in [1.82, 2.24) is 40.0 Å². The van der Waals surface area contributed by atoms with Gasteiger partial charge in [-0.1, -0.05) is 26.0 Å². The van der Waals surface area contributed by atoms with Gasteiger partial charge in [-0.15, -0.1) is 0 Å². The quantitative estimate of drug-likeness (QED) is 0.161. The Hall–Kier alpha value is -3.54. The number of piperidine rings is 2. The van der Waals surface area contributed by atoms with Crippen molar-refractivity contribution >= 4 is 57.2 Å². The number of hydrogen-bond donors (Lipinski definition) is 2. The van der Waals surface area contributed by atoms with Gasteiger partial charge >= 0.3 is 12.1 Å². The molecule has 2 bridgehead atoms. The second-order valence-electron chi connectivity index (χ2n) is 13.9. The van der Waals surface area contributed by atoms with Gasteiger partial charge < -0.3 is 29.9 Å². The lowest BCUT2D eigenvalue weighted by Gasteiger charge is -2.58. The number of carbonyl (C=O) groups is 2. The molecule has 0 radical (unpaired) electrons. The summed E-state index contributed by atoms with van der Waals surface area (Å²) in [5, 5.41) is 15.4. The summed E-state index contributed by atoms with van der Waals surface area (Å²) in [5.74, 6) is 1.58. The zero-order chi connectivity index (χ0) is 36.2. The van der Waals surface area contributed by atoms with Crippen LogP contribution in [0.1, 0.15) is 55.4 Å². The van der Waals surface area contributed by atoms with Gasteiger partial charge in [-0.2, -0.15) is 10.2 Å². The third kappa shape index (κ3) is 8.75. The molecule has 0 saturated carbocycles. The van der Waals surface area contributed by atoms with E-state index < -0.39 is 0 Å². The van der Waals surface area contributed by atoms with Crippen molar-refractivity contribution in [3.05, 3.63) is 90.6 Å². The molecule has 0 aliphatic carbocycles. The molecule has 14 heteroatoms. The van der Waals surface area contributed by atoms with Gasteiger partial charge in [-0.3, -0.25) is 9.36 Å². The molecule has 0 spiro atoms. The maximum absolute atomic E-state index is 13.8. The smallest absolute Gasteiger partial charge is 0.317 e. The zero-order valence-electron chi connectivity index (χ0n) is 29.6. The van der Waals surface area contributed by atoms with Crippen molar-refractivity contribution in [2.45, 2.75) is 59.3 Å². The fraction of sp³-hybridized carbons (Fsp3) is 0.459. The number of fused-ring (bicyclic) bond motifs is 2. The molecule has 51 heavy (non-hydrogen) atoms. The van der Waals surface area contributed by atoms with Gasteiger partial charge in [0.2, 0.25) is 0 Å². The summed E-state index contributed by atoms with van der Waals surface area (Å²) >= 11 is 4.40. The third-order valence-electron chi connectivity index (χ3n) is 10.4. The van der Waals surface area contributed by atoms with Crippen LogP contribution in [0.4, 0.5) is 9.59 Å². The molecule has 272 valence electrons. The number of nitrogens with one attached hydrogen (secondary N) is 2. The Morgan fingerprint density at radius 3 is 1.45 bits per heavy atom. The summed E-state index contributed by atoms with van der Waals surface area (Å²) in [6, 6.07) is 15.8.